The standard InChI is InChI=1S/C21H26N11O10PS2/c1-37-14-9-3-28-45(35,36)42-8-2-11(31-6-26-12-16(22)24-5-25-17(12)31)39-10(8)4-38-43(34,44)41-15(14)20(40-9)32-7-27-13-18(32)29-21(23)30-19(13)33/h5-11,14-15,20,28H,2-4H2,1H3,(H,34,44)(H2,22,24,25)(H3,23,29,30,33)/t8-,9+,10+,11?,14+,15+,20+,43+/m0/s1. The molecule has 4 aromatic heterocycles. The van der Waals surface area contributed by atoms with E-state index in [9.17, 15) is 17.8 Å². The first kappa shape index (κ1) is 30.4. The molecule has 2 bridgehead atoms. The highest BCUT2D eigenvalue weighted by atomic mass is 32.7. The van der Waals surface area contributed by atoms with Gasteiger partial charge in [-0.15, -0.1) is 0 Å². The molecule has 0 aromatic carbocycles. The Balaban J connectivity index is 1.21. The fourth-order valence-electron chi connectivity index (χ4n) is 5.56. The number of ether oxygens (including phenoxy) is 3. The first-order chi connectivity index (χ1) is 21.4. The Bertz CT molecular complexity index is 1990. The normalized spacial score (nSPS) is 33.9. The summed E-state index contributed by atoms with van der Waals surface area (Å²) in [7, 11) is -3.10. The quantitative estimate of drug-likeness (QED) is 0.127. The summed E-state index contributed by atoms with van der Waals surface area (Å²) in [6, 6.07) is 0. The lowest BCUT2D eigenvalue weighted by Gasteiger charge is -2.26. The third kappa shape index (κ3) is 5.58. The number of thiol groups is 1. The van der Waals surface area contributed by atoms with Crippen LogP contribution in [0.15, 0.2) is 23.8 Å². The van der Waals surface area contributed by atoms with Crippen molar-refractivity contribution in [1.82, 2.24) is 43.8 Å². The van der Waals surface area contributed by atoms with E-state index in [0.29, 0.717) is 11.2 Å². The van der Waals surface area contributed by atoms with Crippen LogP contribution in [0.3, 0.4) is 0 Å². The lowest BCUT2D eigenvalue weighted by atomic mass is 10.1. The predicted octanol–water partition coefficient (Wildman–Crippen LogP) is -1.00. The Hall–Kier alpha value is -3.25. The van der Waals surface area contributed by atoms with Gasteiger partial charge in [0.15, 0.2) is 28.9 Å². The predicted molar refractivity (Wildman–Crippen MR) is 155 cm³/mol. The number of nitrogens with one attached hydrogen (secondary N) is 2. The van der Waals surface area contributed by atoms with Gasteiger partial charge in [0.1, 0.15) is 48.6 Å². The number of nitrogens with two attached hydrogens (primary N) is 2. The van der Waals surface area contributed by atoms with E-state index < -0.39 is 72.2 Å². The maximum atomic E-state index is 13.6. The van der Waals surface area contributed by atoms with E-state index in [4.69, 9.17) is 38.9 Å². The average Bonchev–Trinajstić information content (AvgIpc) is 3.74. The summed E-state index contributed by atoms with van der Waals surface area (Å²) in [6.45, 7) is -5.06. The number of H-pyrrole nitrogens is 1. The summed E-state index contributed by atoms with van der Waals surface area (Å²) in [5.74, 6) is -0.0399. The zero-order valence-electron chi connectivity index (χ0n) is 23.1. The largest absolute Gasteiger partial charge is 0.386 e. The Morgan fingerprint density at radius 3 is 2.64 bits per heavy atom. The van der Waals surface area contributed by atoms with Gasteiger partial charge in [0, 0.05) is 20.1 Å². The van der Waals surface area contributed by atoms with Gasteiger partial charge in [0.05, 0.1) is 19.3 Å². The van der Waals surface area contributed by atoms with Crippen LogP contribution in [-0.2, 0) is 42.3 Å². The second-order valence-electron chi connectivity index (χ2n) is 10.3. The van der Waals surface area contributed by atoms with Crippen molar-refractivity contribution in [3.63, 3.8) is 0 Å². The summed E-state index contributed by atoms with van der Waals surface area (Å²) >= 11 is 4.18. The number of anilines is 2. The van der Waals surface area contributed by atoms with Gasteiger partial charge in [-0.25, -0.2) is 24.5 Å². The van der Waals surface area contributed by atoms with Crippen LogP contribution in [0.1, 0.15) is 18.9 Å². The average molecular weight is 688 g/mol. The minimum Gasteiger partial charge on any atom is -0.382 e. The summed E-state index contributed by atoms with van der Waals surface area (Å²) in [4.78, 5) is 35.3. The van der Waals surface area contributed by atoms with Crippen molar-refractivity contribution in [3.05, 3.63) is 29.3 Å². The number of hydrogen-bond acceptors (Lipinski definition) is 17. The second kappa shape index (κ2) is 11.2. The van der Waals surface area contributed by atoms with Gasteiger partial charge in [-0.1, -0.05) is 12.2 Å². The molecule has 21 nitrogen and oxygen atoms in total. The molecule has 24 heteroatoms. The van der Waals surface area contributed by atoms with E-state index in [1.165, 1.54) is 30.7 Å². The highest BCUT2D eigenvalue weighted by molar-refractivity contribution is 8.44. The summed E-state index contributed by atoms with van der Waals surface area (Å²) in [5, 5.41) is 0. The molecule has 7 rings (SSSR count). The molecule has 3 fully saturated rings. The summed E-state index contributed by atoms with van der Waals surface area (Å²) in [5.41, 5.74) is 11.7. The van der Waals surface area contributed by atoms with Gasteiger partial charge in [-0.05, 0) is 0 Å². The van der Waals surface area contributed by atoms with E-state index in [1.54, 1.807) is 4.57 Å². The van der Waals surface area contributed by atoms with E-state index >= 15 is 0 Å². The number of methoxy groups -OCH3 is 1. The van der Waals surface area contributed by atoms with Gasteiger partial charge >= 0.3 is 17.1 Å². The number of aromatic amines is 1. The first-order valence-electron chi connectivity index (χ1n) is 13.3. The Labute approximate surface area is 257 Å². The van der Waals surface area contributed by atoms with E-state index in [1.807, 2.05) is 0 Å². The van der Waals surface area contributed by atoms with Crippen molar-refractivity contribution in [2.24, 2.45) is 0 Å². The Morgan fingerprint density at radius 1 is 1.07 bits per heavy atom. The maximum Gasteiger partial charge on any atom is 0.386 e. The maximum absolute atomic E-state index is 13.6. The molecule has 3 aliphatic heterocycles. The Kier molecular flexibility index (Phi) is 7.58. The van der Waals surface area contributed by atoms with Gasteiger partial charge < -0.3 is 25.7 Å². The number of imidazole rings is 2. The molecule has 0 saturated carbocycles. The van der Waals surface area contributed by atoms with Gasteiger partial charge in [0.2, 0.25) is 5.95 Å². The first-order valence-corrected chi connectivity index (χ1v) is 17.4. The number of rotatable bonds is 3. The van der Waals surface area contributed by atoms with Crippen molar-refractivity contribution in [3.8, 4) is 0 Å². The number of nitrogen functional groups attached to an aromatic ring is 2. The third-order valence-electron chi connectivity index (χ3n) is 7.53. The minimum atomic E-state index is -4.43. The molecule has 3 aliphatic rings. The molecule has 3 saturated heterocycles. The SMILES string of the molecule is CO[C@H]1[C@H]2O[P@](=O)(S)OC[C@H]3OC(n4cnc5c(N)ncnc54)C[C@@H]3OS(=O)(=O)NC[C@H]1O[C@H]2n1cnc2c(=O)[nH]c(N)nc21. The summed E-state index contributed by atoms with van der Waals surface area (Å²) < 4.78 is 80.0. The molecule has 4 aromatic rings. The van der Waals surface area contributed by atoms with Crippen LogP contribution in [0.4, 0.5) is 11.8 Å². The number of hydrogen-bond donors (Lipinski definition) is 5. The molecule has 0 spiro atoms. The van der Waals surface area contributed by atoms with Crippen LogP contribution < -0.4 is 21.7 Å². The van der Waals surface area contributed by atoms with Gasteiger partial charge in [0.25, 0.3) is 5.56 Å². The van der Waals surface area contributed by atoms with Crippen LogP contribution in [0.2, 0.25) is 0 Å². The van der Waals surface area contributed by atoms with Crippen molar-refractivity contribution >= 4 is 63.4 Å². The highest BCUT2D eigenvalue weighted by Gasteiger charge is 2.51. The zero-order valence-corrected chi connectivity index (χ0v) is 25.7. The summed E-state index contributed by atoms with van der Waals surface area (Å²) in [6.07, 6.45) is -3.52. The molecular formula is C21H26N11O10PS2. The fourth-order valence-corrected chi connectivity index (χ4v) is 7.98. The van der Waals surface area contributed by atoms with Crippen molar-refractivity contribution in [1.29, 1.82) is 0 Å². The topological polar surface area (TPSA) is 278 Å². The molecule has 1 unspecified atom stereocenters. The smallest absolute Gasteiger partial charge is 0.382 e. The molecule has 6 N–H and O–H groups in total. The number of nitrogens with zero attached hydrogens (tertiary/aromatic N) is 7. The van der Waals surface area contributed by atoms with E-state index in [0.717, 1.165) is 0 Å². The minimum absolute atomic E-state index is 0.0102. The highest BCUT2D eigenvalue weighted by Crippen LogP contribution is 2.57. The second-order valence-corrected chi connectivity index (χ2v) is 14.5. The molecule has 45 heavy (non-hydrogen) atoms. The molecule has 0 radical (unpaired) electrons. The molecule has 7 heterocycles. The lowest BCUT2D eigenvalue weighted by Crippen LogP contribution is -2.43. The molecule has 0 amide bonds. The van der Waals surface area contributed by atoms with E-state index in [2.05, 4.69) is 46.9 Å². The fraction of sp³-hybridized carbons (Fsp3) is 0.524. The van der Waals surface area contributed by atoms with Crippen LogP contribution in [0, 0.1) is 0 Å². The lowest BCUT2D eigenvalue weighted by molar-refractivity contribution is -0.0454. The van der Waals surface area contributed by atoms with Crippen LogP contribution in [0.5, 0.6) is 0 Å². The number of aromatic nitrogens is 8. The van der Waals surface area contributed by atoms with Gasteiger partial charge in [-0.3, -0.25) is 32.1 Å². The molecule has 8 atom stereocenters. The third-order valence-corrected chi connectivity index (χ3v) is 10.2. The molecule has 0 aliphatic carbocycles. The molecular weight excluding hydrogens is 661 g/mol. The van der Waals surface area contributed by atoms with Crippen LogP contribution in [0.25, 0.3) is 22.3 Å². The van der Waals surface area contributed by atoms with Crippen molar-refractivity contribution < 1.29 is 40.4 Å². The van der Waals surface area contributed by atoms with Gasteiger partial charge in [-0.2, -0.15) is 18.1 Å². The zero-order chi connectivity index (χ0) is 31.7. The van der Waals surface area contributed by atoms with Crippen LogP contribution in [-0.4, -0.2) is 98.2 Å². The number of fused-ring (bicyclic) bond motifs is 5. The van der Waals surface area contributed by atoms with Crippen LogP contribution >= 0.6 is 19.0 Å². The van der Waals surface area contributed by atoms with E-state index in [-0.39, 0.29) is 35.9 Å². The van der Waals surface area contributed by atoms with Crippen molar-refractivity contribution in [2.45, 2.75) is 49.4 Å². The Morgan fingerprint density at radius 2 is 1.84 bits per heavy atom. The van der Waals surface area contributed by atoms with Crippen molar-refractivity contribution in [2.75, 3.05) is 31.7 Å². The monoisotopic (exact) mass is 687 g/mol. The molecule has 242 valence electrons.